The Bertz CT molecular complexity index is 533. The zero-order valence-electron chi connectivity index (χ0n) is 8.47. The summed E-state index contributed by atoms with van der Waals surface area (Å²) in [6.45, 7) is 0.698. The Balaban J connectivity index is 2.04. The Morgan fingerprint density at radius 2 is 2.25 bits per heavy atom. The smallest absolute Gasteiger partial charge is 0.0992 e. The van der Waals surface area contributed by atoms with E-state index in [-0.39, 0.29) is 0 Å². The van der Waals surface area contributed by atoms with Gasteiger partial charge in [0.2, 0.25) is 0 Å². The highest BCUT2D eigenvalue weighted by atomic mass is 32.1. The van der Waals surface area contributed by atoms with E-state index in [2.05, 4.69) is 15.7 Å². The summed E-state index contributed by atoms with van der Waals surface area (Å²) in [7, 11) is 0. The van der Waals surface area contributed by atoms with Crippen LogP contribution in [0.25, 0.3) is 5.69 Å². The van der Waals surface area contributed by atoms with Gasteiger partial charge in [0.25, 0.3) is 0 Å². The first kappa shape index (κ1) is 9.35. The monoisotopic (exact) mass is 230 g/mol. The number of fused-ring (bicyclic) bond motifs is 1. The summed E-state index contributed by atoms with van der Waals surface area (Å²) in [6, 6.07) is 7.98. The van der Waals surface area contributed by atoms with E-state index < -0.39 is 0 Å². The van der Waals surface area contributed by atoms with E-state index in [0.717, 1.165) is 22.1 Å². The largest absolute Gasteiger partial charge is 0.377 e. The fourth-order valence-electron chi connectivity index (χ4n) is 1.72. The van der Waals surface area contributed by atoms with E-state index >= 15 is 0 Å². The Morgan fingerprint density at radius 1 is 1.31 bits per heavy atom. The van der Waals surface area contributed by atoms with Crippen molar-refractivity contribution in [2.45, 2.75) is 0 Å². The molecule has 4 nitrogen and oxygen atoms in total. The van der Waals surface area contributed by atoms with Crippen LogP contribution in [-0.2, 0) is 0 Å². The van der Waals surface area contributed by atoms with Crippen LogP contribution < -0.4 is 10.6 Å². The minimum atomic E-state index is 0.698. The maximum atomic E-state index is 5.13. The molecule has 2 N–H and O–H groups in total. The zero-order chi connectivity index (χ0) is 11.0. The molecule has 1 aromatic carbocycles. The second-order valence-electron chi connectivity index (χ2n) is 3.58. The fourth-order valence-corrected chi connectivity index (χ4v) is 1.91. The number of hydrogen-bond donors (Lipinski definition) is 2. The van der Waals surface area contributed by atoms with Gasteiger partial charge in [-0.1, -0.05) is 12.2 Å². The second-order valence-corrected chi connectivity index (χ2v) is 4.08. The average Bonchev–Trinajstić information content (AvgIpc) is 2.81. The molecule has 0 amide bonds. The summed E-state index contributed by atoms with van der Waals surface area (Å²) in [5.74, 6) is 0. The Kier molecular flexibility index (Phi) is 2.11. The van der Waals surface area contributed by atoms with Crippen molar-refractivity contribution in [2.75, 3.05) is 17.2 Å². The number of benzene rings is 1. The van der Waals surface area contributed by atoms with Gasteiger partial charge < -0.3 is 10.6 Å². The first-order chi connectivity index (χ1) is 7.83. The van der Waals surface area contributed by atoms with Crippen molar-refractivity contribution in [1.29, 1.82) is 0 Å². The number of anilines is 2. The normalized spacial score (nSPS) is 13.9. The molecule has 0 saturated heterocycles. The van der Waals surface area contributed by atoms with Crippen molar-refractivity contribution in [3.8, 4) is 5.69 Å². The third-order valence-corrected chi connectivity index (χ3v) is 2.73. The minimum absolute atomic E-state index is 0.698. The lowest BCUT2D eigenvalue weighted by Crippen LogP contribution is -2.25. The number of nitrogens with one attached hydrogen (secondary N) is 2. The van der Waals surface area contributed by atoms with Crippen LogP contribution in [0, 0.1) is 0 Å². The van der Waals surface area contributed by atoms with Crippen LogP contribution in [0.4, 0.5) is 11.4 Å². The van der Waals surface area contributed by atoms with Crippen LogP contribution in [-0.4, -0.2) is 21.3 Å². The van der Waals surface area contributed by atoms with Gasteiger partial charge in [0.1, 0.15) is 0 Å². The van der Waals surface area contributed by atoms with E-state index in [1.807, 2.05) is 35.1 Å². The van der Waals surface area contributed by atoms with Gasteiger partial charge in [-0.05, 0) is 24.3 Å². The topological polar surface area (TPSA) is 41.9 Å². The molecule has 0 fully saturated rings. The van der Waals surface area contributed by atoms with Crippen molar-refractivity contribution >= 4 is 28.6 Å². The number of thiocarbonyl (C=S) groups is 1. The third-order valence-electron chi connectivity index (χ3n) is 2.49. The van der Waals surface area contributed by atoms with Crippen LogP contribution in [0.2, 0.25) is 0 Å². The molecule has 1 aliphatic heterocycles. The standard InChI is InChI=1S/C11H10N4S/c16-11-7-12-9-3-2-8(6-10(9)14-11)15-5-1-4-13-15/h1-6,12H,7H2,(H,14,16). The summed E-state index contributed by atoms with van der Waals surface area (Å²) in [5.41, 5.74) is 3.09. The molecule has 0 atom stereocenters. The maximum absolute atomic E-state index is 5.13. The van der Waals surface area contributed by atoms with Crippen molar-refractivity contribution in [3.05, 3.63) is 36.7 Å². The van der Waals surface area contributed by atoms with Crippen LogP contribution in [0.5, 0.6) is 0 Å². The summed E-state index contributed by atoms with van der Waals surface area (Å²) in [5, 5.41) is 10.6. The summed E-state index contributed by atoms with van der Waals surface area (Å²) < 4.78 is 1.82. The first-order valence-corrected chi connectivity index (χ1v) is 5.41. The summed E-state index contributed by atoms with van der Waals surface area (Å²) in [6.07, 6.45) is 3.67. The predicted molar refractivity (Wildman–Crippen MR) is 68.3 cm³/mol. The summed E-state index contributed by atoms with van der Waals surface area (Å²) in [4.78, 5) is 0.810. The van der Waals surface area contributed by atoms with Crippen LogP contribution in [0.15, 0.2) is 36.7 Å². The average molecular weight is 230 g/mol. The molecule has 0 spiro atoms. The third kappa shape index (κ3) is 1.55. The zero-order valence-corrected chi connectivity index (χ0v) is 9.29. The Hall–Kier alpha value is -1.88. The van der Waals surface area contributed by atoms with E-state index in [1.54, 1.807) is 6.20 Å². The van der Waals surface area contributed by atoms with E-state index in [0.29, 0.717) is 6.54 Å². The quantitative estimate of drug-likeness (QED) is 0.736. The van der Waals surface area contributed by atoms with Crippen molar-refractivity contribution in [1.82, 2.24) is 9.78 Å². The molecule has 5 heteroatoms. The van der Waals surface area contributed by atoms with Gasteiger partial charge in [0.15, 0.2) is 0 Å². The van der Waals surface area contributed by atoms with Crippen molar-refractivity contribution < 1.29 is 0 Å². The molecular weight excluding hydrogens is 220 g/mol. The van der Waals surface area contributed by atoms with E-state index in [4.69, 9.17) is 12.2 Å². The van der Waals surface area contributed by atoms with Gasteiger partial charge in [-0.2, -0.15) is 5.10 Å². The van der Waals surface area contributed by atoms with Gasteiger partial charge >= 0.3 is 0 Å². The molecule has 0 bridgehead atoms. The van der Waals surface area contributed by atoms with E-state index in [1.165, 1.54) is 0 Å². The second kappa shape index (κ2) is 3.61. The molecule has 16 heavy (non-hydrogen) atoms. The predicted octanol–water partition coefficient (Wildman–Crippen LogP) is 2.04. The molecule has 1 aromatic heterocycles. The van der Waals surface area contributed by atoms with Gasteiger partial charge in [-0.15, -0.1) is 0 Å². The number of aromatic nitrogens is 2. The number of hydrogen-bond acceptors (Lipinski definition) is 3. The van der Waals surface area contributed by atoms with Crippen molar-refractivity contribution in [3.63, 3.8) is 0 Å². The molecule has 80 valence electrons. The molecule has 2 heterocycles. The van der Waals surface area contributed by atoms with Crippen LogP contribution in [0.1, 0.15) is 0 Å². The Labute approximate surface area is 98.3 Å². The molecule has 0 saturated carbocycles. The molecule has 0 aliphatic carbocycles. The highest BCUT2D eigenvalue weighted by Crippen LogP contribution is 2.27. The maximum Gasteiger partial charge on any atom is 0.0992 e. The molecule has 2 aromatic rings. The lowest BCUT2D eigenvalue weighted by Gasteiger charge is -2.21. The lowest BCUT2D eigenvalue weighted by atomic mass is 10.2. The lowest BCUT2D eigenvalue weighted by molar-refractivity contribution is 0.881. The number of nitrogens with zero attached hydrogens (tertiary/aromatic N) is 2. The SMILES string of the molecule is S=C1CNc2ccc(-n3cccn3)cc2N1. The van der Waals surface area contributed by atoms with Crippen LogP contribution in [0.3, 0.4) is 0 Å². The molecule has 1 aliphatic rings. The molecule has 0 unspecified atom stereocenters. The van der Waals surface area contributed by atoms with Gasteiger partial charge in [0, 0.05) is 12.4 Å². The van der Waals surface area contributed by atoms with Gasteiger partial charge in [-0.3, -0.25) is 0 Å². The highest BCUT2D eigenvalue weighted by molar-refractivity contribution is 7.80. The summed E-state index contributed by atoms with van der Waals surface area (Å²) >= 11 is 5.13. The van der Waals surface area contributed by atoms with Crippen LogP contribution >= 0.6 is 12.2 Å². The van der Waals surface area contributed by atoms with Gasteiger partial charge in [0.05, 0.1) is 28.6 Å². The minimum Gasteiger partial charge on any atom is -0.377 e. The molecule has 0 radical (unpaired) electrons. The van der Waals surface area contributed by atoms with E-state index in [9.17, 15) is 0 Å². The molecule has 3 rings (SSSR count). The van der Waals surface area contributed by atoms with Gasteiger partial charge in [-0.25, -0.2) is 4.68 Å². The molecular formula is C11H10N4S. The fraction of sp³-hybridized carbons (Fsp3) is 0.0909. The first-order valence-electron chi connectivity index (χ1n) is 5.01. The number of rotatable bonds is 1. The van der Waals surface area contributed by atoms with Crippen molar-refractivity contribution in [2.24, 2.45) is 0 Å². The highest BCUT2D eigenvalue weighted by Gasteiger charge is 2.11. The Morgan fingerprint density at radius 3 is 3.06 bits per heavy atom.